The van der Waals surface area contributed by atoms with Gasteiger partial charge in [-0.15, -0.1) is 0 Å². The fourth-order valence-corrected chi connectivity index (χ4v) is 0. The third kappa shape index (κ3) is 87.8. The van der Waals surface area contributed by atoms with Crippen LogP contribution in [0.15, 0.2) is 0 Å². The fourth-order valence-electron chi connectivity index (χ4n) is 0. The first-order valence-electron chi connectivity index (χ1n) is 0.642. The van der Waals surface area contributed by atoms with E-state index in [2.05, 4.69) is 32.6 Å². The van der Waals surface area contributed by atoms with Crippen LogP contribution in [-0.2, 0) is 8.88 Å². The Labute approximate surface area is 80.1 Å². The zero-order valence-electron chi connectivity index (χ0n) is 3.10. The molecular formula is CaCl2O4. The number of hydrogen-bond acceptors (Lipinski definition) is 4. The molecule has 40 valence electrons. The summed E-state index contributed by atoms with van der Waals surface area (Å²) in [7, 11) is 0. The summed E-state index contributed by atoms with van der Waals surface area (Å²) in [4.78, 5) is 0. The Balaban J connectivity index is -0.0000000400. The van der Waals surface area contributed by atoms with Crippen LogP contribution >= 0.6 is 23.7 Å². The van der Waals surface area contributed by atoms with Crippen LogP contribution in [0.1, 0.15) is 0 Å². The number of rotatable bonds is 0. The van der Waals surface area contributed by atoms with Crippen molar-refractivity contribution in [1.29, 1.82) is 0 Å². The van der Waals surface area contributed by atoms with Gasteiger partial charge in [0.05, 0.1) is 23.7 Å². The van der Waals surface area contributed by atoms with Gasteiger partial charge in [0.25, 0.3) is 0 Å². The molecule has 0 amide bonds. The van der Waals surface area contributed by atoms with Gasteiger partial charge in [-0.2, -0.15) is 0 Å². The van der Waals surface area contributed by atoms with E-state index < -0.39 is 0 Å². The van der Waals surface area contributed by atoms with Crippen LogP contribution in [0.3, 0.4) is 0 Å². The molecule has 0 fully saturated rings. The van der Waals surface area contributed by atoms with Crippen LogP contribution < -0.4 is 10.5 Å². The molecule has 0 rings (SSSR count). The Morgan fingerprint density at radius 2 is 1.00 bits per heavy atom. The first-order chi connectivity index (χ1) is 2.83. The van der Waals surface area contributed by atoms with Crippen LogP contribution in [0.5, 0.6) is 0 Å². The maximum Gasteiger partial charge on any atom is 2.00 e. The van der Waals surface area contributed by atoms with Crippen molar-refractivity contribution in [3.63, 3.8) is 0 Å². The van der Waals surface area contributed by atoms with Gasteiger partial charge in [-0.05, 0) is 0 Å². The molecule has 0 unspecified atom stereocenters. The van der Waals surface area contributed by atoms with Crippen molar-refractivity contribution in [2.75, 3.05) is 0 Å². The summed E-state index contributed by atoms with van der Waals surface area (Å²) in [6, 6.07) is 0. The summed E-state index contributed by atoms with van der Waals surface area (Å²) in [6.07, 6.45) is 0. The second-order valence-corrected chi connectivity index (χ2v) is 0.378. The van der Waals surface area contributed by atoms with Crippen molar-refractivity contribution in [2.45, 2.75) is 0 Å². The molecule has 7 heavy (non-hydrogen) atoms. The summed E-state index contributed by atoms with van der Waals surface area (Å²) < 4.78 is 4.94. The maximum absolute atomic E-state index is 8.20. The molecule has 0 N–H and O–H groups in total. The minimum Gasteiger partial charge on any atom is -0.705 e. The van der Waals surface area contributed by atoms with E-state index in [0.29, 0.717) is 0 Å². The van der Waals surface area contributed by atoms with Crippen molar-refractivity contribution in [1.82, 2.24) is 0 Å². The Bertz CT molecular complexity index is 11.7. The third-order valence-corrected chi connectivity index (χ3v) is 0. The Hall–Kier alpha value is 1.68. The normalized spacial score (nSPS) is 5.14. The van der Waals surface area contributed by atoms with Crippen molar-refractivity contribution in [3.8, 4) is 0 Å². The minimum absolute atomic E-state index is 0. The quantitative estimate of drug-likeness (QED) is 0.255. The van der Waals surface area contributed by atoms with Gasteiger partial charge in [-0.3, -0.25) is 0 Å². The standard InChI is InChI=1S/Ca.2ClHO2/c;2*1-3-2/h;2*2H/q+2;;/p-2. The Morgan fingerprint density at radius 3 is 1.00 bits per heavy atom. The summed E-state index contributed by atoms with van der Waals surface area (Å²) in [5.41, 5.74) is 0. The van der Waals surface area contributed by atoms with E-state index in [-0.39, 0.29) is 37.7 Å². The van der Waals surface area contributed by atoms with E-state index in [1.54, 1.807) is 0 Å². The average Bonchev–Trinajstić information content (AvgIpc) is 1.39. The molecule has 0 bridgehead atoms. The zero-order valence-corrected chi connectivity index (χ0v) is 6.82. The van der Waals surface area contributed by atoms with Crippen molar-refractivity contribution in [2.24, 2.45) is 0 Å². The van der Waals surface area contributed by atoms with Gasteiger partial charge in [-0.25, -0.2) is 0 Å². The minimum atomic E-state index is 0. The SMILES string of the molecule is [Ca+2].[O-]OCl.[O-]OCl. The Kier molecular flexibility index (Phi) is 57.4. The molecular weight excluding hydrogens is 175 g/mol. The van der Waals surface area contributed by atoms with Gasteiger partial charge in [0.2, 0.25) is 0 Å². The van der Waals surface area contributed by atoms with Crippen LogP contribution in [0.25, 0.3) is 0 Å². The van der Waals surface area contributed by atoms with Gasteiger partial charge < -0.3 is 19.4 Å². The van der Waals surface area contributed by atoms with E-state index in [4.69, 9.17) is 10.5 Å². The first kappa shape index (κ1) is 15.9. The van der Waals surface area contributed by atoms with Gasteiger partial charge in [0.15, 0.2) is 0 Å². The van der Waals surface area contributed by atoms with Crippen LogP contribution in [0.2, 0.25) is 0 Å². The summed E-state index contributed by atoms with van der Waals surface area (Å²) >= 11 is 7.89. The van der Waals surface area contributed by atoms with E-state index in [0.717, 1.165) is 0 Å². The third-order valence-electron chi connectivity index (χ3n) is 0. The molecule has 0 radical (unpaired) electrons. The van der Waals surface area contributed by atoms with Crippen molar-refractivity contribution >= 4 is 61.5 Å². The molecule has 0 spiro atoms. The number of halogens is 2. The molecule has 0 aromatic heterocycles. The molecule has 0 heterocycles. The molecule has 7 heteroatoms. The zero-order chi connectivity index (χ0) is 5.41. The van der Waals surface area contributed by atoms with Gasteiger partial charge in [0.1, 0.15) is 0 Å². The Morgan fingerprint density at radius 1 is 1.00 bits per heavy atom. The molecule has 0 saturated carbocycles. The smallest absolute Gasteiger partial charge is 0.705 e. The predicted octanol–water partition coefficient (Wildman–Crippen LogP) is -1.52. The molecule has 0 aromatic rings. The van der Waals surface area contributed by atoms with Crippen LogP contribution in [0, 0.1) is 0 Å². The maximum atomic E-state index is 8.20. The molecule has 0 saturated heterocycles. The monoisotopic (exact) mass is 174 g/mol. The summed E-state index contributed by atoms with van der Waals surface area (Å²) in [5.74, 6) is 0. The summed E-state index contributed by atoms with van der Waals surface area (Å²) in [5, 5.41) is 16.4. The van der Waals surface area contributed by atoms with E-state index >= 15 is 0 Å². The van der Waals surface area contributed by atoms with E-state index in [1.807, 2.05) is 0 Å². The molecule has 0 aliphatic heterocycles. The van der Waals surface area contributed by atoms with E-state index in [9.17, 15) is 0 Å². The second-order valence-electron chi connectivity index (χ2n) is 0.126. The van der Waals surface area contributed by atoms with E-state index in [1.165, 1.54) is 0 Å². The van der Waals surface area contributed by atoms with Crippen LogP contribution in [0.4, 0.5) is 0 Å². The van der Waals surface area contributed by atoms with Crippen molar-refractivity contribution < 1.29 is 19.4 Å². The molecule has 4 nitrogen and oxygen atoms in total. The second kappa shape index (κ2) is 25.3. The molecule has 0 aliphatic carbocycles. The van der Waals surface area contributed by atoms with Gasteiger partial charge in [-0.1, -0.05) is 0 Å². The molecule has 0 aliphatic rings. The number of hydrogen-bond donors (Lipinski definition) is 0. The molecule has 0 atom stereocenters. The average molecular weight is 175 g/mol. The largest absolute Gasteiger partial charge is 2.00 e. The summed E-state index contributed by atoms with van der Waals surface area (Å²) in [6.45, 7) is 0. The van der Waals surface area contributed by atoms with Gasteiger partial charge in [0, 0.05) is 0 Å². The first-order valence-corrected chi connectivity index (χ1v) is 1.26. The topological polar surface area (TPSA) is 64.6 Å². The van der Waals surface area contributed by atoms with Crippen LogP contribution in [-0.4, -0.2) is 37.7 Å². The van der Waals surface area contributed by atoms with Gasteiger partial charge >= 0.3 is 37.7 Å². The fraction of sp³-hybridized carbons (Fsp3) is 0. The molecule has 0 aromatic carbocycles. The van der Waals surface area contributed by atoms with Crippen molar-refractivity contribution in [3.05, 3.63) is 0 Å². The predicted molar refractivity (Wildman–Crippen MR) is 19.6 cm³/mol.